The predicted octanol–water partition coefficient (Wildman–Crippen LogP) is 4.67. The monoisotopic (exact) mass is 368 g/mol. The van der Waals surface area contributed by atoms with Crippen molar-refractivity contribution in [3.05, 3.63) is 57.0 Å². The van der Waals surface area contributed by atoms with Crippen molar-refractivity contribution >= 4 is 27.5 Å². The van der Waals surface area contributed by atoms with Crippen LogP contribution < -0.4 is 9.47 Å². The van der Waals surface area contributed by atoms with Gasteiger partial charge in [-0.2, -0.15) is 0 Å². The van der Waals surface area contributed by atoms with Crippen LogP contribution in [0.1, 0.15) is 29.8 Å². The first kappa shape index (κ1) is 14.7. The minimum atomic E-state index is -0.556. The van der Waals surface area contributed by atoms with Crippen molar-refractivity contribution in [1.82, 2.24) is 0 Å². The quantitative estimate of drug-likeness (QED) is 0.836. The zero-order valence-electron chi connectivity index (χ0n) is 11.3. The minimum Gasteiger partial charge on any atom is -0.497 e. The van der Waals surface area contributed by atoms with Crippen LogP contribution in [0.25, 0.3) is 0 Å². The summed E-state index contributed by atoms with van der Waals surface area (Å²) in [5.41, 5.74) is 1.76. The Morgan fingerprint density at radius 3 is 2.81 bits per heavy atom. The van der Waals surface area contributed by atoms with E-state index in [1.165, 1.54) is 0 Å². The zero-order chi connectivity index (χ0) is 15.0. The molecule has 1 N–H and O–H groups in total. The molecule has 21 heavy (non-hydrogen) atoms. The van der Waals surface area contributed by atoms with Crippen LogP contribution in [0.3, 0.4) is 0 Å². The molecule has 3 rings (SSSR count). The van der Waals surface area contributed by atoms with E-state index in [-0.39, 0.29) is 6.10 Å². The highest BCUT2D eigenvalue weighted by atomic mass is 79.9. The fourth-order valence-corrected chi connectivity index (χ4v) is 2.98. The molecule has 2 aromatic rings. The molecule has 0 aliphatic carbocycles. The Bertz CT molecular complexity index is 675. The lowest BCUT2D eigenvalue weighted by Crippen LogP contribution is -2.19. The summed E-state index contributed by atoms with van der Waals surface area (Å²) in [6.45, 7) is 0. The van der Waals surface area contributed by atoms with Crippen molar-refractivity contribution in [3.63, 3.8) is 0 Å². The zero-order valence-corrected chi connectivity index (χ0v) is 13.7. The molecule has 0 saturated carbocycles. The summed E-state index contributed by atoms with van der Waals surface area (Å²) >= 11 is 9.43. The van der Waals surface area contributed by atoms with Gasteiger partial charge in [-0.05, 0) is 45.8 Å². The van der Waals surface area contributed by atoms with Crippen LogP contribution in [0.4, 0.5) is 0 Å². The van der Waals surface area contributed by atoms with E-state index >= 15 is 0 Å². The Balaban J connectivity index is 1.94. The highest BCUT2D eigenvalue weighted by molar-refractivity contribution is 9.10. The maximum atomic E-state index is 10.3. The number of aliphatic hydroxyl groups is 1. The molecule has 110 valence electrons. The number of hydrogen-bond donors (Lipinski definition) is 1. The number of hydrogen-bond acceptors (Lipinski definition) is 3. The van der Waals surface area contributed by atoms with Gasteiger partial charge in [-0.1, -0.05) is 17.7 Å². The van der Waals surface area contributed by atoms with E-state index in [4.69, 9.17) is 21.1 Å². The smallest absolute Gasteiger partial charge is 0.129 e. The largest absolute Gasteiger partial charge is 0.497 e. The second-order valence-electron chi connectivity index (χ2n) is 4.94. The van der Waals surface area contributed by atoms with Gasteiger partial charge in [0.15, 0.2) is 0 Å². The summed E-state index contributed by atoms with van der Waals surface area (Å²) in [6.07, 6.45) is -0.264. The number of halogens is 2. The number of aliphatic hydroxyl groups excluding tert-OH is 1. The maximum absolute atomic E-state index is 10.3. The van der Waals surface area contributed by atoms with Gasteiger partial charge >= 0.3 is 0 Å². The first-order chi connectivity index (χ1) is 10.1. The molecule has 3 nitrogen and oxygen atoms in total. The predicted molar refractivity (Wildman–Crippen MR) is 85.1 cm³/mol. The Labute approximate surface area is 136 Å². The normalized spacial score (nSPS) is 20.6. The second kappa shape index (κ2) is 5.87. The van der Waals surface area contributed by atoms with Gasteiger partial charge in [0, 0.05) is 22.5 Å². The molecule has 0 fully saturated rings. The van der Waals surface area contributed by atoms with Gasteiger partial charge in [-0.15, -0.1) is 0 Å². The standard InChI is InChI=1S/C16H14BrClO3/c1-20-10-3-4-11-14(19)8-15(21-16(11)7-10)9-2-5-13(18)12(17)6-9/h2-7,14-15,19H,8H2,1H3/t14-,15?/m1/s1. The van der Waals surface area contributed by atoms with Crippen molar-refractivity contribution in [3.8, 4) is 11.5 Å². The van der Waals surface area contributed by atoms with Gasteiger partial charge < -0.3 is 14.6 Å². The topological polar surface area (TPSA) is 38.7 Å². The molecular weight excluding hydrogens is 356 g/mol. The summed E-state index contributed by atoms with van der Waals surface area (Å²) in [5, 5.41) is 11.0. The number of methoxy groups -OCH3 is 1. The molecule has 1 unspecified atom stereocenters. The summed E-state index contributed by atoms with van der Waals surface area (Å²) in [4.78, 5) is 0. The first-order valence-electron chi connectivity index (χ1n) is 6.56. The summed E-state index contributed by atoms with van der Waals surface area (Å²) in [6, 6.07) is 11.1. The van der Waals surface area contributed by atoms with Crippen molar-refractivity contribution in [1.29, 1.82) is 0 Å². The van der Waals surface area contributed by atoms with Gasteiger partial charge in [-0.25, -0.2) is 0 Å². The Morgan fingerprint density at radius 1 is 1.29 bits per heavy atom. The van der Waals surface area contributed by atoms with Crippen molar-refractivity contribution in [2.75, 3.05) is 7.11 Å². The SMILES string of the molecule is COc1ccc2c(c1)OC(c1ccc(Cl)c(Br)c1)C[C@H]2O. The van der Waals surface area contributed by atoms with E-state index < -0.39 is 6.10 Å². The molecular formula is C16H14BrClO3. The molecule has 1 heterocycles. The molecule has 0 saturated heterocycles. The lowest BCUT2D eigenvalue weighted by atomic mass is 9.95. The van der Waals surface area contributed by atoms with Gasteiger partial charge in [0.1, 0.15) is 17.6 Å². The van der Waals surface area contributed by atoms with E-state index in [0.29, 0.717) is 22.9 Å². The van der Waals surface area contributed by atoms with Gasteiger partial charge in [-0.3, -0.25) is 0 Å². The fraction of sp³-hybridized carbons (Fsp3) is 0.250. The maximum Gasteiger partial charge on any atom is 0.129 e. The van der Waals surface area contributed by atoms with Gasteiger partial charge in [0.2, 0.25) is 0 Å². The van der Waals surface area contributed by atoms with Crippen LogP contribution >= 0.6 is 27.5 Å². The van der Waals surface area contributed by atoms with Crippen LogP contribution in [0.2, 0.25) is 5.02 Å². The summed E-state index contributed by atoms with van der Waals surface area (Å²) in [5.74, 6) is 1.36. The summed E-state index contributed by atoms with van der Waals surface area (Å²) in [7, 11) is 1.61. The molecule has 2 aromatic carbocycles. The van der Waals surface area contributed by atoms with Crippen LogP contribution in [0.5, 0.6) is 11.5 Å². The van der Waals surface area contributed by atoms with E-state index in [1.807, 2.05) is 30.3 Å². The summed E-state index contributed by atoms with van der Waals surface area (Å²) < 4.78 is 12.0. The van der Waals surface area contributed by atoms with E-state index in [1.54, 1.807) is 13.2 Å². The van der Waals surface area contributed by atoms with Crippen LogP contribution in [0, 0.1) is 0 Å². The second-order valence-corrected chi connectivity index (χ2v) is 6.20. The van der Waals surface area contributed by atoms with Crippen LogP contribution in [0.15, 0.2) is 40.9 Å². The first-order valence-corrected chi connectivity index (χ1v) is 7.73. The Hall–Kier alpha value is -1.23. The minimum absolute atomic E-state index is 0.215. The van der Waals surface area contributed by atoms with Crippen LogP contribution in [-0.2, 0) is 0 Å². The molecule has 1 aliphatic rings. The Morgan fingerprint density at radius 2 is 2.10 bits per heavy atom. The van der Waals surface area contributed by atoms with Gasteiger partial charge in [0.25, 0.3) is 0 Å². The van der Waals surface area contributed by atoms with Crippen molar-refractivity contribution in [2.45, 2.75) is 18.6 Å². The molecule has 2 atom stereocenters. The van der Waals surface area contributed by atoms with Gasteiger partial charge in [0.05, 0.1) is 18.2 Å². The average molecular weight is 370 g/mol. The molecule has 0 bridgehead atoms. The third-order valence-corrected chi connectivity index (χ3v) is 4.82. The van der Waals surface area contributed by atoms with E-state index in [9.17, 15) is 5.11 Å². The molecule has 0 aromatic heterocycles. The highest BCUT2D eigenvalue weighted by Crippen LogP contribution is 2.43. The number of rotatable bonds is 2. The number of benzene rings is 2. The molecule has 0 spiro atoms. The molecule has 1 aliphatic heterocycles. The van der Waals surface area contributed by atoms with E-state index in [2.05, 4.69) is 15.9 Å². The third kappa shape index (κ3) is 2.89. The molecule has 0 amide bonds. The fourth-order valence-electron chi connectivity index (χ4n) is 2.47. The van der Waals surface area contributed by atoms with E-state index in [0.717, 1.165) is 15.6 Å². The lowest BCUT2D eigenvalue weighted by Gasteiger charge is -2.30. The highest BCUT2D eigenvalue weighted by Gasteiger charge is 2.28. The number of ether oxygens (including phenoxy) is 2. The van der Waals surface area contributed by atoms with Crippen molar-refractivity contribution in [2.24, 2.45) is 0 Å². The third-order valence-electron chi connectivity index (χ3n) is 3.60. The van der Waals surface area contributed by atoms with Crippen molar-refractivity contribution < 1.29 is 14.6 Å². The van der Waals surface area contributed by atoms with Crippen LogP contribution in [-0.4, -0.2) is 12.2 Å². The number of fused-ring (bicyclic) bond motifs is 1. The molecule has 5 heteroatoms. The molecule has 0 radical (unpaired) electrons. The average Bonchev–Trinajstić information content (AvgIpc) is 2.49. The Kier molecular flexibility index (Phi) is 4.11. The lowest BCUT2D eigenvalue weighted by molar-refractivity contribution is 0.0654.